The number of nitrogens with one attached hydrogen (secondary N) is 1. The van der Waals surface area contributed by atoms with E-state index in [-0.39, 0.29) is 0 Å². The van der Waals surface area contributed by atoms with Crippen LogP contribution in [0, 0.1) is 0 Å². The van der Waals surface area contributed by atoms with Crippen LogP contribution in [-0.4, -0.2) is 59.1 Å². The van der Waals surface area contributed by atoms with Crippen molar-refractivity contribution in [1.29, 1.82) is 0 Å². The molecule has 5 heteroatoms. The second-order valence-corrected chi connectivity index (χ2v) is 9.23. The molecule has 0 aliphatic carbocycles. The molecule has 0 unspecified atom stereocenters. The first-order valence-corrected chi connectivity index (χ1v) is 12.0. The average Bonchev–Trinajstić information content (AvgIpc) is 2.83. The van der Waals surface area contributed by atoms with Gasteiger partial charge >= 0.3 is 0 Å². The summed E-state index contributed by atoms with van der Waals surface area (Å²) in [5.41, 5.74) is 9.92. The van der Waals surface area contributed by atoms with E-state index in [1.807, 2.05) is 7.05 Å². The Balaban J connectivity index is 1.49. The molecular weight excluding hydrogens is 391 g/mol. The number of piperazine rings is 1. The van der Waals surface area contributed by atoms with E-state index in [0.717, 1.165) is 56.2 Å². The van der Waals surface area contributed by atoms with Gasteiger partial charge in [0.15, 0.2) is 0 Å². The lowest BCUT2D eigenvalue weighted by molar-refractivity contribution is 0.368. The minimum Gasteiger partial charge on any atom is -0.388 e. The van der Waals surface area contributed by atoms with Crippen molar-refractivity contribution >= 4 is 41.6 Å². The maximum atomic E-state index is 4.57. The predicted octanol–water partition coefficient (Wildman–Crippen LogP) is 3.80. The van der Waals surface area contributed by atoms with Crippen LogP contribution in [0.2, 0.25) is 0 Å². The first kappa shape index (κ1) is 22.4. The molecule has 4 rings (SSSR count). The van der Waals surface area contributed by atoms with Crippen LogP contribution in [-0.2, 0) is 0 Å². The van der Waals surface area contributed by atoms with Gasteiger partial charge in [0.2, 0.25) is 0 Å². The number of benzene rings is 2. The summed E-state index contributed by atoms with van der Waals surface area (Å²) in [4.78, 5) is 7.53. The van der Waals surface area contributed by atoms with Crippen LogP contribution < -0.4 is 20.6 Å². The summed E-state index contributed by atoms with van der Waals surface area (Å²) in [6.07, 6.45) is 3.90. The average molecular weight is 428 g/mol. The molecule has 0 aromatic heterocycles. The number of nitrogens with zero attached hydrogens (tertiary/aromatic N) is 3. The van der Waals surface area contributed by atoms with E-state index in [2.05, 4.69) is 84.3 Å². The fraction of sp³-hybridized carbons (Fsp3) is 0.407. The van der Waals surface area contributed by atoms with Crippen LogP contribution in [0.15, 0.2) is 49.6 Å². The number of hydrogen-bond donors (Lipinski definition) is 1. The summed E-state index contributed by atoms with van der Waals surface area (Å²) in [6, 6.07) is 13.5. The molecule has 2 saturated heterocycles. The van der Waals surface area contributed by atoms with E-state index in [9.17, 15) is 0 Å². The van der Waals surface area contributed by atoms with Crippen molar-refractivity contribution in [2.75, 3.05) is 61.4 Å². The Morgan fingerprint density at radius 1 is 0.844 bits per heavy atom. The third-order valence-corrected chi connectivity index (χ3v) is 6.98. The Labute approximate surface area is 195 Å². The summed E-state index contributed by atoms with van der Waals surface area (Å²) >= 11 is 0. The Kier molecular flexibility index (Phi) is 6.83. The zero-order valence-electron chi connectivity index (χ0n) is 20.1. The van der Waals surface area contributed by atoms with Crippen LogP contribution in [0.1, 0.15) is 37.3 Å². The SMILES string of the molecule is Bc1cc(C(=C)C)ccc1N1CCN(C(=C)c2cc(NC)ccc2N2CCCCC2)CC1. The van der Waals surface area contributed by atoms with Crippen molar-refractivity contribution in [1.82, 2.24) is 4.90 Å². The van der Waals surface area contributed by atoms with Gasteiger partial charge in [0.1, 0.15) is 7.85 Å². The first-order valence-electron chi connectivity index (χ1n) is 12.0. The zero-order chi connectivity index (χ0) is 22.7. The standard InChI is InChI=1S/C27H37BN4/c1-20(2)22-8-10-27(25(28)18-22)32-16-14-30(15-17-32)21(3)24-19-23(29-4)9-11-26(24)31-12-6-5-7-13-31/h8-11,18-19,29H,1,3,5-7,12-17,28H2,2,4H3. The second kappa shape index (κ2) is 9.77. The second-order valence-electron chi connectivity index (χ2n) is 9.23. The van der Waals surface area contributed by atoms with Gasteiger partial charge in [-0.15, -0.1) is 0 Å². The van der Waals surface area contributed by atoms with Crippen molar-refractivity contribution in [3.8, 4) is 0 Å². The molecule has 2 aromatic carbocycles. The molecule has 2 heterocycles. The molecule has 2 aromatic rings. The molecule has 2 aliphatic rings. The van der Waals surface area contributed by atoms with Gasteiger partial charge in [-0.05, 0) is 56.0 Å². The number of allylic oxidation sites excluding steroid dienone is 1. The molecule has 32 heavy (non-hydrogen) atoms. The maximum absolute atomic E-state index is 4.57. The van der Waals surface area contributed by atoms with E-state index >= 15 is 0 Å². The number of hydrogen-bond acceptors (Lipinski definition) is 4. The van der Waals surface area contributed by atoms with E-state index in [0.29, 0.717) is 0 Å². The molecule has 0 radical (unpaired) electrons. The fourth-order valence-corrected chi connectivity index (χ4v) is 5.00. The third kappa shape index (κ3) is 4.67. The highest BCUT2D eigenvalue weighted by Crippen LogP contribution is 2.33. The van der Waals surface area contributed by atoms with Gasteiger partial charge in [-0.3, -0.25) is 0 Å². The summed E-state index contributed by atoms with van der Waals surface area (Å²) in [6.45, 7) is 17.0. The lowest BCUT2D eigenvalue weighted by Crippen LogP contribution is -2.46. The zero-order valence-corrected chi connectivity index (χ0v) is 20.1. The van der Waals surface area contributed by atoms with Gasteiger partial charge in [-0.25, -0.2) is 0 Å². The lowest BCUT2D eigenvalue weighted by atomic mass is 9.90. The van der Waals surface area contributed by atoms with Crippen LogP contribution >= 0.6 is 0 Å². The van der Waals surface area contributed by atoms with E-state index in [4.69, 9.17) is 0 Å². The summed E-state index contributed by atoms with van der Waals surface area (Å²) in [7, 11) is 4.20. The Morgan fingerprint density at radius 2 is 1.50 bits per heavy atom. The molecule has 0 saturated carbocycles. The topological polar surface area (TPSA) is 21.8 Å². The van der Waals surface area contributed by atoms with Crippen molar-refractivity contribution in [3.63, 3.8) is 0 Å². The molecule has 1 N–H and O–H groups in total. The number of piperidine rings is 1. The number of anilines is 3. The molecule has 0 atom stereocenters. The fourth-order valence-electron chi connectivity index (χ4n) is 5.00. The maximum Gasteiger partial charge on any atom is 0.142 e. The molecule has 2 aliphatic heterocycles. The highest BCUT2D eigenvalue weighted by molar-refractivity contribution is 6.36. The van der Waals surface area contributed by atoms with Gasteiger partial charge in [0, 0.05) is 74.6 Å². The van der Waals surface area contributed by atoms with E-state index in [1.165, 1.54) is 47.2 Å². The quantitative estimate of drug-likeness (QED) is 0.707. The summed E-state index contributed by atoms with van der Waals surface area (Å²) < 4.78 is 0. The van der Waals surface area contributed by atoms with Crippen molar-refractivity contribution in [2.24, 2.45) is 0 Å². The minimum absolute atomic E-state index is 0.990. The Morgan fingerprint density at radius 3 is 2.12 bits per heavy atom. The van der Waals surface area contributed by atoms with Crippen molar-refractivity contribution in [3.05, 3.63) is 60.7 Å². The van der Waals surface area contributed by atoms with Gasteiger partial charge in [-0.1, -0.05) is 36.3 Å². The third-order valence-electron chi connectivity index (χ3n) is 6.98. The van der Waals surface area contributed by atoms with Crippen molar-refractivity contribution < 1.29 is 0 Å². The Hall–Kier alpha value is -2.82. The molecule has 0 spiro atoms. The van der Waals surface area contributed by atoms with Gasteiger partial charge in [0.05, 0.1) is 0 Å². The molecule has 0 amide bonds. The highest BCUT2D eigenvalue weighted by atomic mass is 15.3. The summed E-state index contributed by atoms with van der Waals surface area (Å²) in [5.74, 6) is 0. The van der Waals surface area contributed by atoms with E-state index in [1.54, 1.807) is 0 Å². The molecule has 4 nitrogen and oxygen atoms in total. The molecule has 168 valence electrons. The monoisotopic (exact) mass is 428 g/mol. The van der Waals surface area contributed by atoms with Crippen LogP contribution in [0.5, 0.6) is 0 Å². The van der Waals surface area contributed by atoms with E-state index < -0.39 is 0 Å². The normalized spacial score (nSPS) is 16.8. The van der Waals surface area contributed by atoms with Crippen LogP contribution in [0.3, 0.4) is 0 Å². The molecular formula is C27H37BN4. The van der Waals surface area contributed by atoms with Gasteiger partial charge in [0.25, 0.3) is 0 Å². The predicted molar refractivity (Wildman–Crippen MR) is 144 cm³/mol. The van der Waals surface area contributed by atoms with Crippen LogP contribution in [0.25, 0.3) is 11.3 Å². The van der Waals surface area contributed by atoms with Crippen LogP contribution in [0.4, 0.5) is 17.1 Å². The number of rotatable bonds is 6. The highest BCUT2D eigenvalue weighted by Gasteiger charge is 2.23. The minimum atomic E-state index is 0.990. The first-order chi connectivity index (χ1) is 15.5. The largest absolute Gasteiger partial charge is 0.388 e. The van der Waals surface area contributed by atoms with Gasteiger partial charge < -0.3 is 20.0 Å². The molecule has 2 fully saturated rings. The Bertz CT molecular complexity index is 985. The van der Waals surface area contributed by atoms with Gasteiger partial charge in [-0.2, -0.15) is 0 Å². The molecule has 0 bridgehead atoms. The van der Waals surface area contributed by atoms with Crippen molar-refractivity contribution in [2.45, 2.75) is 26.2 Å². The smallest absolute Gasteiger partial charge is 0.142 e. The lowest BCUT2D eigenvalue weighted by Gasteiger charge is -2.40. The summed E-state index contributed by atoms with van der Waals surface area (Å²) in [5, 5.41) is 3.31.